The molecule has 0 fully saturated rings. The molecule has 20 heavy (non-hydrogen) atoms. The van der Waals surface area contributed by atoms with Gasteiger partial charge in [0.05, 0.1) is 13.3 Å². The van der Waals surface area contributed by atoms with Gasteiger partial charge in [0.25, 0.3) is 5.91 Å². The van der Waals surface area contributed by atoms with Crippen LogP contribution in [0.1, 0.15) is 35.8 Å². The van der Waals surface area contributed by atoms with Crippen LogP contribution in [0.2, 0.25) is 0 Å². The molecule has 0 aliphatic rings. The first-order valence-corrected chi connectivity index (χ1v) is 6.52. The van der Waals surface area contributed by atoms with Crippen molar-refractivity contribution in [2.45, 2.75) is 26.8 Å². The minimum absolute atomic E-state index is 0.175. The second kappa shape index (κ2) is 5.77. The molecule has 1 aromatic heterocycles. The summed E-state index contributed by atoms with van der Waals surface area (Å²) < 4.78 is 7.00. The molecule has 0 aliphatic heterocycles. The number of ether oxygens (including phenoxy) is 1. The first kappa shape index (κ1) is 14.1. The monoisotopic (exact) mass is 273 g/mol. The number of aryl methyl sites for hydroxylation is 1. The lowest BCUT2D eigenvalue weighted by atomic mass is 10.1. The number of hydrogen-bond donors (Lipinski definition) is 1. The maximum atomic E-state index is 12.3. The maximum Gasteiger partial charge on any atom is 0.256 e. The van der Waals surface area contributed by atoms with Gasteiger partial charge in [0.15, 0.2) is 0 Å². The van der Waals surface area contributed by atoms with Crippen LogP contribution in [0.4, 0.5) is 5.82 Å². The van der Waals surface area contributed by atoms with Gasteiger partial charge in [0.1, 0.15) is 11.6 Å². The second-order valence-electron chi connectivity index (χ2n) is 4.89. The molecule has 2 aromatic rings. The van der Waals surface area contributed by atoms with Crippen molar-refractivity contribution in [3.63, 3.8) is 0 Å². The van der Waals surface area contributed by atoms with E-state index in [2.05, 4.69) is 10.4 Å². The molecule has 5 heteroatoms. The Labute approximate surface area is 118 Å². The number of nitrogens with zero attached hydrogens (tertiary/aromatic N) is 2. The van der Waals surface area contributed by atoms with E-state index in [-0.39, 0.29) is 11.9 Å². The minimum Gasteiger partial charge on any atom is -0.496 e. The van der Waals surface area contributed by atoms with Crippen molar-refractivity contribution in [1.82, 2.24) is 9.78 Å². The fraction of sp³-hybridized carbons (Fsp3) is 0.333. The van der Waals surface area contributed by atoms with Gasteiger partial charge in [0, 0.05) is 17.7 Å². The quantitative estimate of drug-likeness (QED) is 0.931. The summed E-state index contributed by atoms with van der Waals surface area (Å²) >= 11 is 0. The average Bonchev–Trinajstić information content (AvgIpc) is 2.87. The predicted molar refractivity (Wildman–Crippen MR) is 78.3 cm³/mol. The summed E-state index contributed by atoms with van der Waals surface area (Å²) in [6.45, 7) is 5.96. The van der Waals surface area contributed by atoms with Gasteiger partial charge in [-0.15, -0.1) is 0 Å². The zero-order valence-corrected chi connectivity index (χ0v) is 12.2. The molecule has 5 nitrogen and oxygen atoms in total. The van der Waals surface area contributed by atoms with Crippen molar-refractivity contribution in [1.29, 1.82) is 0 Å². The first-order chi connectivity index (χ1) is 9.52. The molecule has 1 N–H and O–H groups in total. The summed E-state index contributed by atoms with van der Waals surface area (Å²) in [7, 11) is 1.60. The highest BCUT2D eigenvalue weighted by atomic mass is 16.5. The number of rotatable bonds is 4. The Hall–Kier alpha value is -2.30. The summed E-state index contributed by atoms with van der Waals surface area (Å²) in [5, 5.41) is 7.05. The maximum absolute atomic E-state index is 12.3. The summed E-state index contributed by atoms with van der Waals surface area (Å²) in [6, 6.07) is 7.36. The molecule has 0 saturated carbocycles. The molecular formula is C15H19N3O2. The van der Waals surface area contributed by atoms with E-state index >= 15 is 0 Å². The molecule has 0 radical (unpaired) electrons. The third-order valence-electron chi connectivity index (χ3n) is 3.07. The van der Waals surface area contributed by atoms with Crippen molar-refractivity contribution < 1.29 is 9.53 Å². The standard InChI is InChI=1S/C15H19N3O2/c1-10(2)18-14(7-8-16-18)17-15(19)12-6-5-11(3)13(9-12)20-4/h5-10H,1-4H3,(H,17,19). The van der Waals surface area contributed by atoms with Gasteiger partial charge in [-0.25, -0.2) is 4.68 Å². The number of hydrogen-bond acceptors (Lipinski definition) is 3. The number of amides is 1. The highest BCUT2D eigenvalue weighted by Crippen LogP contribution is 2.20. The SMILES string of the molecule is COc1cc(C(=O)Nc2ccnn2C(C)C)ccc1C. The first-order valence-electron chi connectivity index (χ1n) is 6.52. The summed E-state index contributed by atoms with van der Waals surface area (Å²) in [5.41, 5.74) is 1.56. The van der Waals surface area contributed by atoms with Crippen LogP contribution < -0.4 is 10.1 Å². The van der Waals surface area contributed by atoms with Gasteiger partial charge in [-0.2, -0.15) is 5.10 Å². The Bertz CT molecular complexity index is 617. The van der Waals surface area contributed by atoms with Crippen LogP contribution in [0.25, 0.3) is 0 Å². The van der Waals surface area contributed by atoms with E-state index in [4.69, 9.17) is 4.74 Å². The molecule has 0 atom stereocenters. The highest BCUT2D eigenvalue weighted by Gasteiger charge is 2.12. The molecule has 0 unspecified atom stereocenters. The third kappa shape index (κ3) is 2.82. The van der Waals surface area contributed by atoms with E-state index < -0.39 is 0 Å². The number of benzene rings is 1. The average molecular weight is 273 g/mol. The summed E-state index contributed by atoms with van der Waals surface area (Å²) in [5.74, 6) is 1.21. The Morgan fingerprint density at radius 3 is 2.75 bits per heavy atom. The van der Waals surface area contributed by atoms with Gasteiger partial charge in [-0.3, -0.25) is 4.79 Å². The fourth-order valence-electron chi connectivity index (χ4n) is 1.97. The topological polar surface area (TPSA) is 56.1 Å². The molecule has 0 bridgehead atoms. The highest BCUT2D eigenvalue weighted by molar-refractivity contribution is 6.04. The van der Waals surface area contributed by atoms with Gasteiger partial charge in [-0.1, -0.05) is 6.07 Å². The van der Waals surface area contributed by atoms with E-state index in [1.54, 1.807) is 36.2 Å². The molecule has 0 aliphatic carbocycles. The Morgan fingerprint density at radius 2 is 2.10 bits per heavy atom. The van der Waals surface area contributed by atoms with Gasteiger partial charge in [0.2, 0.25) is 0 Å². The lowest BCUT2D eigenvalue weighted by Crippen LogP contribution is -2.16. The van der Waals surface area contributed by atoms with Gasteiger partial charge in [-0.05, 0) is 38.5 Å². The van der Waals surface area contributed by atoms with Crippen molar-refractivity contribution in [2.24, 2.45) is 0 Å². The largest absolute Gasteiger partial charge is 0.496 e. The number of anilines is 1. The predicted octanol–water partition coefficient (Wildman–Crippen LogP) is 3.03. The van der Waals surface area contributed by atoms with Gasteiger partial charge < -0.3 is 10.1 Å². The number of methoxy groups -OCH3 is 1. The van der Waals surface area contributed by atoms with E-state index in [1.165, 1.54) is 0 Å². The van der Waals surface area contributed by atoms with E-state index in [9.17, 15) is 4.79 Å². The zero-order chi connectivity index (χ0) is 14.7. The fourth-order valence-corrected chi connectivity index (χ4v) is 1.97. The van der Waals surface area contributed by atoms with Crippen LogP contribution in [0.5, 0.6) is 5.75 Å². The lowest BCUT2D eigenvalue weighted by molar-refractivity contribution is 0.102. The summed E-state index contributed by atoms with van der Waals surface area (Å²) in [4.78, 5) is 12.3. The van der Waals surface area contributed by atoms with Gasteiger partial charge >= 0.3 is 0 Å². The normalized spacial score (nSPS) is 10.7. The van der Waals surface area contributed by atoms with Crippen LogP contribution >= 0.6 is 0 Å². The molecule has 0 spiro atoms. The lowest BCUT2D eigenvalue weighted by Gasteiger charge is -2.12. The van der Waals surface area contributed by atoms with Crippen LogP contribution in [0.3, 0.4) is 0 Å². The van der Waals surface area contributed by atoms with Crippen LogP contribution in [0, 0.1) is 6.92 Å². The molecule has 1 aromatic carbocycles. The number of aromatic nitrogens is 2. The van der Waals surface area contributed by atoms with Crippen LogP contribution in [-0.2, 0) is 0 Å². The van der Waals surface area contributed by atoms with Crippen molar-refractivity contribution in [2.75, 3.05) is 12.4 Å². The Morgan fingerprint density at radius 1 is 1.35 bits per heavy atom. The number of nitrogens with one attached hydrogen (secondary N) is 1. The van der Waals surface area contributed by atoms with E-state index in [0.29, 0.717) is 17.1 Å². The third-order valence-corrected chi connectivity index (χ3v) is 3.07. The van der Waals surface area contributed by atoms with Crippen LogP contribution in [0.15, 0.2) is 30.5 Å². The molecule has 2 rings (SSSR count). The zero-order valence-electron chi connectivity index (χ0n) is 12.2. The van der Waals surface area contributed by atoms with Crippen LogP contribution in [-0.4, -0.2) is 22.8 Å². The molecule has 106 valence electrons. The number of carbonyl (C=O) groups is 1. The van der Waals surface area contributed by atoms with Crippen molar-refractivity contribution >= 4 is 11.7 Å². The molecule has 1 amide bonds. The molecule has 1 heterocycles. The summed E-state index contributed by atoms with van der Waals surface area (Å²) in [6.07, 6.45) is 1.67. The Balaban J connectivity index is 2.22. The molecular weight excluding hydrogens is 254 g/mol. The smallest absolute Gasteiger partial charge is 0.256 e. The van der Waals surface area contributed by atoms with Crippen molar-refractivity contribution in [3.05, 3.63) is 41.6 Å². The minimum atomic E-state index is -0.175. The van der Waals surface area contributed by atoms with E-state index in [1.807, 2.05) is 26.8 Å². The van der Waals surface area contributed by atoms with Crippen molar-refractivity contribution in [3.8, 4) is 5.75 Å². The second-order valence-corrected chi connectivity index (χ2v) is 4.89. The number of carbonyl (C=O) groups excluding carboxylic acids is 1. The van der Waals surface area contributed by atoms with E-state index in [0.717, 1.165) is 5.56 Å². The Kier molecular flexibility index (Phi) is 4.08. The molecule has 0 saturated heterocycles.